The van der Waals surface area contributed by atoms with E-state index in [-0.39, 0.29) is 22.5 Å². The van der Waals surface area contributed by atoms with Crippen molar-refractivity contribution >= 4 is 57.3 Å². The molecule has 10 heteroatoms. The van der Waals surface area contributed by atoms with Gasteiger partial charge in [-0.3, -0.25) is 29.3 Å². The van der Waals surface area contributed by atoms with Crippen molar-refractivity contribution in [2.75, 3.05) is 4.90 Å². The Morgan fingerprint density at radius 2 is 1.42 bits per heavy atom. The van der Waals surface area contributed by atoms with Crippen LogP contribution in [0, 0.1) is 25.5 Å². The van der Waals surface area contributed by atoms with Crippen molar-refractivity contribution in [3.8, 4) is 0 Å². The Morgan fingerprint density at radius 1 is 0.833 bits per heavy atom. The largest absolute Gasteiger partial charge is 0.349 e. The fourth-order valence-corrected chi connectivity index (χ4v) is 5.81. The Hall–Kier alpha value is -3.77. The molecule has 0 saturated carbocycles. The van der Waals surface area contributed by atoms with Crippen LogP contribution in [-0.2, 0) is 14.3 Å². The number of fused-ring (bicyclic) bond motifs is 3. The molecule has 9 nitrogen and oxygen atoms in total. The number of ketones is 2. The van der Waals surface area contributed by atoms with Gasteiger partial charge in [0.2, 0.25) is 29.0 Å². The number of hydrogen-bond acceptors (Lipinski definition) is 7. The van der Waals surface area contributed by atoms with Crippen LogP contribution in [0.4, 0.5) is 11.4 Å². The van der Waals surface area contributed by atoms with Gasteiger partial charge in [0.05, 0.1) is 28.6 Å². The molecule has 0 bridgehead atoms. The molecule has 6 rings (SSSR count). The first-order valence-corrected chi connectivity index (χ1v) is 12.1. The number of carbonyl (C=O) groups is 4. The molecule has 3 aromatic rings. The van der Waals surface area contributed by atoms with Gasteiger partial charge in [0.25, 0.3) is 5.69 Å². The summed E-state index contributed by atoms with van der Waals surface area (Å²) < 4.78 is 7.16. The number of amides is 2. The van der Waals surface area contributed by atoms with Gasteiger partial charge in [-0.05, 0) is 52.4 Å². The summed E-state index contributed by atoms with van der Waals surface area (Å²) in [5.41, 5.74) is -1.38. The van der Waals surface area contributed by atoms with Gasteiger partial charge in [0.1, 0.15) is 0 Å². The highest BCUT2D eigenvalue weighted by atomic mass is 127. The first kappa shape index (κ1) is 22.7. The molecule has 2 aliphatic heterocycles. The fourth-order valence-electron chi connectivity index (χ4n) is 5.45. The number of nitro benzene ring substituents is 1. The van der Waals surface area contributed by atoms with Gasteiger partial charge in [0.15, 0.2) is 0 Å². The summed E-state index contributed by atoms with van der Waals surface area (Å²) in [7, 11) is 0. The normalized spacial score (nSPS) is 23.9. The van der Waals surface area contributed by atoms with Crippen LogP contribution in [0.5, 0.6) is 0 Å². The Bertz CT molecular complexity index is 1460. The first-order valence-electron chi connectivity index (χ1n) is 11.0. The number of halogens is 1. The lowest BCUT2D eigenvalue weighted by Gasteiger charge is -2.27. The van der Waals surface area contributed by atoms with Crippen molar-refractivity contribution in [3.05, 3.63) is 103 Å². The lowest BCUT2D eigenvalue weighted by molar-refractivity contribution is -0.384. The Morgan fingerprint density at radius 3 is 1.97 bits per heavy atom. The number of Topliss-reactive ketones (excluding diaryl/α,β-unsaturated/α-hetero) is 2. The van der Waals surface area contributed by atoms with Crippen LogP contribution in [0.3, 0.4) is 0 Å². The third-order valence-corrected chi connectivity index (χ3v) is 7.76. The zero-order chi connectivity index (χ0) is 25.4. The molecule has 1 aliphatic carbocycles. The van der Waals surface area contributed by atoms with Crippen LogP contribution in [0.2, 0.25) is 0 Å². The third kappa shape index (κ3) is 2.91. The number of rotatable bonds is 3. The summed E-state index contributed by atoms with van der Waals surface area (Å²) in [5, 5.41) is 11.1. The molecule has 3 aliphatic rings. The highest BCUT2D eigenvalue weighted by molar-refractivity contribution is 14.1. The van der Waals surface area contributed by atoms with E-state index in [9.17, 15) is 29.3 Å². The minimum absolute atomic E-state index is 0.122. The number of non-ortho nitro benzene ring substituents is 1. The van der Waals surface area contributed by atoms with E-state index in [1.54, 1.807) is 24.3 Å². The van der Waals surface area contributed by atoms with E-state index < -0.39 is 51.8 Å². The first-order chi connectivity index (χ1) is 17.3. The lowest BCUT2D eigenvalue weighted by atomic mass is 9.77. The predicted octanol–water partition coefficient (Wildman–Crippen LogP) is 3.89. The van der Waals surface area contributed by atoms with Crippen LogP contribution in [0.25, 0.3) is 0 Å². The number of anilines is 1. The number of hydrogen-bond donors (Lipinski definition) is 0. The van der Waals surface area contributed by atoms with Crippen molar-refractivity contribution in [3.63, 3.8) is 0 Å². The molecule has 0 aromatic heterocycles. The molecule has 36 heavy (non-hydrogen) atoms. The summed E-state index contributed by atoms with van der Waals surface area (Å²) in [6, 6.07) is 18.3. The number of benzene rings is 3. The molecule has 0 radical (unpaired) electrons. The summed E-state index contributed by atoms with van der Waals surface area (Å²) in [4.78, 5) is 66.4. The number of nitro groups is 1. The van der Waals surface area contributed by atoms with Crippen molar-refractivity contribution < 1.29 is 28.8 Å². The average molecular weight is 594 g/mol. The SMILES string of the molecule is O=C1[C@@H]2[C@@H](c3ccc(I)cc3)OC3(C(=O)c4ccccc4C3=O)[C@H]2C(=O)N1c1ccc([N+](=O)[O-])cc1. The second-order valence-electron chi connectivity index (χ2n) is 8.82. The average Bonchev–Trinajstić information content (AvgIpc) is 3.44. The molecular weight excluding hydrogens is 579 g/mol. The van der Waals surface area contributed by atoms with Crippen LogP contribution in [-0.4, -0.2) is 33.9 Å². The maximum atomic E-state index is 13.8. The maximum absolute atomic E-state index is 13.8. The molecule has 178 valence electrons. The molecule has 0 N–H and O–H groups in total. The number of nitrogens with zero attached hydrogens (tertiary/aromatic N) is 2. The van der Waals surface area contributed by atoms with Gasteiger partial charge in [-0.25, -0.2) is 4.90 Å². The Kier molecular flexibility index (Phi) is 4.96. The molecule has 3 aromatic carbocycles. The molecule has 1 spiro atoms. The summed E-state index contributed by atoms with van der Waals surface area (Å²) in [5.74, 6) is -5.17. The number of imide groups is 1. The van der Waals surface area contributed by atoms with Crippen LogP contribution >= 0.6 is 22.6 Å². The molecule has 2 amide bonds. The van der Waals surface area contributed by atoms with Crippen LogP contribution < -0.4 is 4.90 Å². The van der Waals surface area contributed by atoms with E-state index >= 15 is 0 Å². The van der Waals surface area contributed by atoms with Crippen LogP contribution in [0.15, 0.2) is 72.8 Å². The predicted molar refractivity (Wildman–Crippen MR) is 133 cm³/mol. The standard InChI is InChI=1S/C26H15IN2O7/c27-14-7-5-13(6-8-14)21-19-20(26(36-21)22(30)17-3-1-2-4-18(17)23(26)31)25(33)28(24(19)32)15-9-11-16(12-10-15)29(34)35/h1-12,19-21H/t19-,20+,21+/m0/s1. The second kappa shape index (κ2) is 7.87. The van der Waals surface area contributed by atoms with E-state index in [1.807, 2.05) is 12.1 Å². The Labute approximate surface area is 217 Å². The fraction of sp³-hybridized carbons (Fsp3) is 0.154. The maximum Gasteiger partial charge on any atom is 0.269 e. The van der Waals surface area contributed by atoms with Gasteiger partial charge >= 0.3 is 0 Å². The lowest BCUT2D eigenvalue weighted by Crippen LogP contribution is -2.51. The van der Waals surface area contributed by atoms with Crippen molar-refractivity contribution in [2.24, 2.45) is 11.8 Å². The van der Waals surface area contributed by atoms with E-state index in [1.165, 1.54) is 36.4 Å². The summed E-state index contributed by atoms with van der Waals surface area (Å²) >= 11 is 2.13. The highest BCUT2D eigenvalue weighted by Crippen LogP contribution is 2.57. The van der Waals surface area contributed by atoms with Crippen LogP contribution in [0.1, 0.15) is 32.4 Å². The molecule has 3 atom stereocenters. The topological polar surface area (TPSA) is 124 Å². The van der Waals surface area contributed by atoms with Crippen molar-refractivity contribution in [2.45, 2.75) is 11.7 Å². The molecule has 2 fully saturated rings. The minimum Gasteiger partial charge on any atom is -0.349 e. The quantitative estimate of drug-likeness (QED) is 0.148. The molecule has 2 saturated heterocycles. The van der Waals surface area contributed by atoms with E-state index in [0.717, 1.165) is 8.47 Å². The van der Waals surface area contributed by atoms with E-state index in [4.69, 9.17) is 4.74 Å². The van der Waals surface area contributed by atoms with Crippen molar-refractivity contribution in [1.82, 2.24) is 0 Å². The summed E-state index contributed by atoms with van der Waals surface area (Å²) in [6.45, 7) is 0. The highest BCUT2D eigenvalue weighted by Gasteiger charge is 2.74. The van der Waals surface area contributed by atoms with Gasteiger partial charge in [-0.15, -0.1) is 0 Å². The van der Waals surface area contributed by atoms with Gasteiger partial charge in [-0.1, -0.05) is 36.4 Å². The molecular formula is C26H15IN2O7. The van der Waals surface area contributed by atoms with Crippen molar-refractivity contribution in [1.29, 1.82) is 0 Å². The smallest absolute Gasteiger partial charge is 0.269 e. The van der Waals surface area contributed by atoms with Gasteiger partial charge in [-0.2, -0.15) is 0 Å². The van der Waals surface area contributed by atoms with Gasteiger partial charge < -0.3 is 4.74 Å². The van der Waals surface area contributed by atoms with E-state index in [2.05, 4.69) is 22.6 Å². The Balaban J connectivity index is 1.51. The number of carbonyl (C=O) groups excluding carboxylic acids is 4. The van der Waals surface area contributed by atoms with E-state index in [0.29, 0.717) is 5.56 Å². The zero-order valence-corrected chi connectivity index (χ0v) is 20.4. The minimum atomic E-state index is -2.16. The second-order valence-corrected chi connectivity index (χ2v) is 10.1. The monoisotopic (exact) mass is 594 g/mol. The molecule has 2 heterocycles. The zero-order valence-electron chi connectivity index (χ0n) is 18.3. The number of ether oxygens (including phenoxy) is 1. The summed E-state index contributed by atoms with van der Waals surface area (Å²) in [6.07, 6.45) is -1.02. The molecule has 0 unspecified atom stereocenters. The third-order valence-electron chi connectivity index (χ3n) is 7.04. The van der Waals surface area contributed by atoms with Gasteiger partial charge in [0, 0.05) is 26.8 Å².